The van der Waals surface area contributed by atoms with Crippen LogP contribution in [0.1, 0.15) is 82.3 Å². The summed E-state index contributed by atoms with van der Waals surface area (Å²) in [5.74, 6) is 2.95. The second-order valence-corrected chi connectivity index (χ2v) is 7.98. The van der Waals surface area contributed by atoms with Crippen LogP contribution in [0.3, 0.4) is 0 Å². The molecule has 0 N–H and O–H groups in total. The normalized spacial score (nSPS) is 20.3. The average molecular weight is 362 g/mol. The van der Waals surface area contributed by atoms with Crippen LogP contribution in [0.2, 0.25) is 0 Å². The van der Waals surface area contributed by atoms with Crippen molar-refractivity contribution in [2.75, 3.05) is 26.2 Å². The van der Waals surface area contributed by atoms with Gasteiger partial charge in [0.15, 0.2) is 0 Å². The highest BCUT2D eigenvalue weighted by Gasteiger charge is 2.27. The topological polar surface area (TPSA) is 54.3 Å². The SMILES string of the molecule is CCCCC(=O)N1CCC(c2nnc(CN3CCCCCC3)n2C)CC1. The molecule has 2 saturated heterocycles. The van der Waals surface area contributed by atoms with Crippen LogP contribution >= 0.6 is 0 Å². The molecule has 0 saturated carbocycles. The molecule has 0 atom stereocenters. The second kappa shape index (κ2) is 9.49. The van der Waals surface area contributed by atoms with Crippen LogP contribution in [0.5, 0.6) is 0 Å². The molecular weight excluding hydrogens is 326 g/mol. The number of hydrogen-bond acceptors (Lipinski definition) is 4. The number of nitrogens with zero attached hydrogens (tertiary/aromatic N) is 5. The summed E-state index contributed by atoms with van der Waals surface area (Å²) in [6.07, 6.45) is 10.1. The maximum atomic E-state index is 12.2. The Morgan fingerprint density at radius 3 is 2.38 bits per heavy atom. The Morgan fingerprint density at radius 2 is 1.73 bits per heavy atom. The quantitative estimate of drug-likeness (QED) is 0.781. The lowest BCUT2D eigenvalue weighted by molar-refractivity contribution is -0.132. The van der Waals surface area contributed by atoms with E-state index in [0.717, 1.165) is 57.0 Å². The van der Waals surface area contributed by atoms with E-state index in [1.54, 1.807) is 0 Å². The Hall–Kier alpha value is -1.43. The Bertz CT molecular complexity index is 569. The number of rotatable bonds is 6. The summed E-state index contributed by atoms with van der Waals surface area (Å²) in [6, 6.07) is 0. The lowest BCUT2D eigenvalue weighted by Crippen LogP contribution is -2.38. The lowest BCUT2D eigenvalue weighted by Gasteiger charge is -2.31. The van der Waals surface area contributed by atoms with E-state index in [1.165, 1.54) is 38.8 Å². The lowest BCUT2D eigenvalue weighted by atomic mass is 9.95. The van der Waals surface area contributed by atoms with Gasteiger partial charge in [0.2, 0.25) is 5.91 Å². The van der Waals surface area contributed by atoms with Crippen molar-refractivity contribution in [3.8, 4) is 0 Å². The van der Waals surface area contributed by atoms with Crippen LogP contribution < -0.4 is 0 Å². The van der Waals surface area contributed by atoms with Gasteiger partial charge < -0.3 is 9.47 Å². The maximum absolute atomic E-state index is 12.2. The first kappa shape index (κ1) is 19.3. The third-order valence-electron chi connectivity index (χ3n) is 6.02. The van der Waals surface area contributed by atoms with Gasteiger partial charge in [0.05, 0.1) is 6.54 Å². The average Bonchev–Trinajstić information content (AvgIpc) is 2.86. The number of likely N-dealkylation sites (tertiary alicyclic amines) is 2. The van der Waals surface area contributed by atoms with Crippen LogP contribution in [0.15, 0.2) is 0 Å². The number of aromatic nitrogens is 3. The third kappa shape index (κ3) is 4.84. The van der Waals surface area contributed by atoms with Crippen molar-refractivity contribution in [3.05, 3.63) is 11.6 Å². The van der Waals surface area contributed by atoms with Crippen LogP contribution in [0.25, 0.3) is 0 Å². The van der Waals surface area contributed by atoms with Gasteiger partial charge in [-0.3, -0.25) is 9.69 Å². The first-order valence-corrected chi connectivity index (χ1v) is 10.6. The van der Waals surface area contributed by atoms with Crippen molar-refractivity contribution in [2.45, 2.75) is 77.2 Å². The van der Waals surface area contributed by atoms with Crippen molar-refractivity contribution in [3.63, 3.8) is 0 Å². The number of hydrogen-bond donors (Lipinski definition) is 0. The van der Waals surface area contributed by atoms with Gasteiger partial charge in [0.25, 0.3) is 0 Å². The zero-order chi connectivity index (χ0) is 18.4. The molecule has 6 nitrogen and oxygen atoms in total. The monoisotopic (exact) mass is 361 g/mol. The van der Waals surface area contributed by atoms with Gasteiger partial charge in [0.1, 0.15) is 11.6 Å². The largest absolute Gasteiger partial charge is 0.343 e. The van der Waals surface area contributed by atoms with E-state index in [2.05, 4.69) is 33.6 Å². The minimum atomic E-state index is 0.324. The first-order valence-electron chi connectivity index (χ1n) is 10.6. The molecule has 0 aromatic carbocycles. The number of carbonyl (C=O) groups excluding carboxylic acids is 1. The van der Waals surface area contributed by atoms with Gasteiger partial charge in [-0.1, -0.05) is 26.2 Å². The summed E-state index contributed by atoms with van der Waals surface area (Å²) in [5.41, 5.74) is 0. The molecular formula is C20H35N5O. The van der Waals surface area contributed by atoms with Crippen molar-refractivity contribution < 1.29 is 4.79 Å². The highest BCUT2D eigenvalue weighted by molar-refractivity contribution is 5.76. The molecule has 1 aromatic heterocycles. The van der Waals surface area contributed by atoms with E-state index in [1.807, 2.05) is 4.90 Å². The van der Waals surface area contributed by atoms with Gasteiger partial charge in [-0.15, -0.1) is 10.2 Å². The standard InChI is InChI=1S/C20H35N5O/c1-3-4-9-19(26)25-14-10-17(11-15-25)20-22-21-18(23(20)2)16-24-12-7-5-6-8-13-24/h17H,3-16H2,1-2H3. The fraction of sp³-hybridized carbons (Fsp3) is 0.850. The molecule has 2 fully saturated rings. The van der Waals surface area contributed by atoms with E-state index in [-0.39, 0.29) is 0 Å². The van der Waals surface area contributed by atoms with Gasteiger partial charge in [-0.05, 0) is 45.2 Å². The number of unbranched alkanes of at least 4 members (excludes halogenated alkanes) is 1. The molecule has 3 heterocycles. The van der Waals surface area contributed by atoms with E-state index < -0.39 is 0 Å². The fourth-order valence-corrected chi connectivity index (χ4v) is 4.24. The highest BCUT2D eigenvalue weighted by atomic mass is 16.2. The van der Waals surface area contributed by atoms with E-state index in [0.29, 0.717) is 18.2 Å². The molecule has 2 aliphatic heterocycles. The van der Waals surface area contributed by atoms with Gasteiger partial charge in [-0.25, -0.2) is 0 Å². The van der Waals surface area contributed by atoms with Crippen LogP contribution in [-0.2, 0) is 18.4 Å². The predicted molar refractivity (Wildman–Crippen MR) is 103 cm³/mol. The molecule has 1 amide bonds. The number of amides is 1. The van der Waals surface area contributed by atoms with Gasteiger partial charge >= 0.3 is 0 Å². The molecule has 0 radical (unpaired) electrons. The smallest absolute Gasteiger partial charge is 0.222 e. The molecule has 26 heavy (non-hydrogen) atoms. The summed E-state index contributed by atoms with van der Waals surface area (Å²) in [7, 11) is 2.11. The predicted octanol–water partition coefficient (Wildman–Crippen LogP) is 3.09. The molecule has 2 aliphatic rings. The van der Waals surface area contributed by atoms with Crippen LogP contribution in [0, 0.1) is 0 Å². The summed E-state index contributed by atoms with van der Waals surface area (Å²) in [5, 5.41) is 9.03. The van der Waals surface area contributed by atoms with Crippen LogP contribution in [0.4, 0.5) is 0 Å². The fourth-order valence-electron chi connectivity index (χ4n) is 4.24. The molecule has 0 aliphatic carbocycles. The molecule has 0 spiro atoms. The minimum absolute atomic E-state index is 0.324. The molecule has 0 bridgehead atoms. The Labute approximate surface area is 157 Å². The van der Waals surface area contributed by atoms with E-state index >= 15 is 0 Å². The molecule has 0 unspecified atom stereocenters. The zero-order valence-electron chi connectivity index (χ0n) is 16.6. The highest BCUT2D eigenvalue weighted by Crippen LogP contribution is 2.27. The summed E-state index contributed by atoms with van der Waals surface area (Å²) >= 11 is 0. The van der Waals surface area contributed by atoms with E-state index in [4.69, 9.17) is 0 Å². The summed E-state index contributed by atoms with van der Waals surface area (Å²) in [4.78, 5) is 16.8. The third-order valence-corrected chi connectivity index (χ3v) is 6.02. The number of piperidine rings is 1. The van der Waals surface area contributed by atoms with E-state index in [9.17, 15) is 4.79 Å². The Morgan fingerprint density at radius 1 is 1.04 bits per heavy atom. The Balaban J connectivity index is 1.54. The van der Waals surface area contributed by atoms with Crippen molar-refractivity contribution in [1.29, 1.82) is 0 Å². The van der Waals surface area contributed by atoms with Gasteiger partial charge in [0, 0.05) is 32.5 Å². The maximum Gasteiger partial charge on any atom is 0.222 e. The molecule has 6 heteroatoms. The van der Waals surface area contributed by atoms with Crippen molar-refractivity contribution in [1.82, 2.24) is 24.6 Å². The second-order valence-electron chi connectivity index (χ2n) is 7.98. The Kier molecular flexibility index (Phi) is 7.06. The number of carbonyl (C=O) groups is 1. The summed E-state index contributed by atoms with van der Waals surface area (Å²) < 4.78 is 2.21. The van der Waals surface area contributed by atoms with Crippen molar-refractivity contribution >= 4 is 5.91 Å². The van der Waals surface area contributed by atoms with Crippen molar-refractivity contribution in [2.24, 2.45) is 7.05 Å². The first-order chi connectivity index (χ1) is 12.7. The molecule has 1 aromatic rings. The minimum Gasteiger partial charge on any atom is -0.343 e. The molecule has 3 rings (SSSR count). The zero-order valence-corrected chi connectivity index (χ0v) is 16.6. The molecule has 146 valence electrons. The summed E-state index contributed by atoms with van der Waals surface area (Å²) in [6.45, 7) is 7.14. The van der Waals surface area contributed by atoms with Crippen LogP contribution in [-0.4, -0.2) is 56.7 Å². The van der Waals surface area contributed by atoms with Gasteiger partial charge in [-0.2, -0.15) is 0 Å².